The van der Waals surface area contributed by atoms with Gasteiger partial charge in [-0.2, -0.15) is 0 Å². The molecule has 39 heavy (non-hydrogen) atoms. The molecule has 0 saturated carbocycles. The second kappa shape index (κ2) is 15.2. The molecule has 0 bridgehead atoms. The van der Waals surface area contributed by atoms with Gasteiger partial charge in [-0.1, -0.05) is 67.9 Å². The second-order valence-corrected chi connectivity index (χ2v) is 10.1. The fourth-order valence-electron chi connectivity index (χ4n) is 3.59. The molecule has 5 atom stereocenters. The number of Topliss-reactive ketones (excluding diaryl/α,β-unsaturated/α-hetero) is 1. The molecule has 0 heterocycles. The summed E-state index contributed by atoms with van der Waals surface area (Å²) < 4.78 is 5.39. The van der Waals surface area contributed by atoms with Crippen LogP contribution in [0.25, 0.3) is 0 Å². The van der Waals surface area contributed by atoms with Crippen LogP contribution in [-0.2, 0) is 32.1 Å². The number of halogens is 1. The van der Waals surface area contributed by atoms with Gasteiger partial charge in [0.05, 0.1) is 12.1 Å². The number of alkyl carbamates (subject to hydrolysis) is 1. The number of benzene rings is 2. The lowest BCUT2D eigenvalue weighted by molar-refractivity contribution is -0.141. The van der Waals surface area contributed by atoms with Crippen molar-refractivity contribution < 1.29 is 34.1 Å². The number of carbonyl (C=O) groups excluding carboxylic acids is 4. The van der Waals surface area contributed by atoms with E-state index in [0.29, 0.717) is 10.6 Å². The quantitative estimate of drug-likeness (QED) is 0.251. The molecule has 212 valence electrons. The topological polar surface area (TPSA) is 154 Å². The molecule has 2 aromatic rings. The number of carbonyl (C=O) groups is 4. The van der Waals surface area contributed by atoms with Crippen LogP contribution in [-0.4, -0.2) is 64.3 Å². The number of aliphatic hydroxyl groups excluding tert-OH is 2. The molecule has 5 N–H and O–H groups in total. The molecule has 0 fully saturated rings. The van der Waals surface area contributed by atoms with Crippen LogP contribution in [0.1, 0.15) is 38.8 Å². The van der Waals surface area contributed by atoms with Gasteiger partial charge in [0.25, 0.3) is 11.8 Å². The Morgan fingerprint density at radius 3 is 2.05 bits per heavy atom. The zero-order valence-corrected chi connectivity index (χ0v) is 23.1. The van der Waals surface area contributed by atoms with E-state index in [-0.39, 0.29) is 18.7 Å². The molecular weight excluding hydrogens is 526 g/mol. The predicted octanol–water partition coefficient (Wildman–Crippen LogP) is 2.13. The summed E-state index contributed by atoms with van der Waals surface area (Å²) in [5.74, 6) is -2.47. The summed E-state index contributed by atoms with van der Waals surface area (Å²) >= 11 is 5.96. The number of rotatable bonds is 13. The number of aliphatic hydroxyl groups is 2. The standard InChI is InChI=1S/C28H36ClN3O7/c1-16(2)25(39-28(38)30-15-20-8-6-5-7-9-20)27(37)32-22(14-19-10-12-21(29)13-11-19)23(34)24(35)26(36)31-17(3)18(4)33/h5-13,16-17,22-25,34-35H,14-15H2,1-4H3,(H,30,38)(H,31,36)(H,32,37). The van der Waals surface area contributed by atoms with E-state index >= 15 is 0 Å². The minimum Gasteiger partial charge on any atom is -0.436 e. The highest BCUT2D eigenvalue weighted by Gasteiger charge is 2.36. The van der Waals surface area contributed by atoms with Gasteiger partial charge in [-0.3, -0.25) is 14.4 Å². The van der Waals surface area contributed by atoms with Crippen LogP contribution in [0.2, 0.25) is 5.02 Å². The number of amides is 3. The Kier molecular flexibility index (Phi) is 12.4. The van der Waals surface area contributed by atoms with Crippen LogP contribution in [0.3, 0.4) is 0 Å². The Bertz CT molecular complexity index is 1110. The number of ether oxygens (including phenoxy) is 1. The zero-order chi connectivity index (χ0) is 29.1. The van der Waals surface area contributed by atoms with Gasteiger partial charge in [-0.25, -0.2) is 4.79 Å². The van der Waals surface area contributed by atoms with E-state index in [9.17, 15) is 29.4 Å². The summed E-state index contributed by atoms with van der Waals surface area (Å²) in [5.41, 5.74) is 1.49. The summed E-state index contributed by atoms with van der Waals surface area (Å²) in [6.45, 7) is 6.29. The third-order valence-electron chi connectivity index (χ3n) is 6.05. The lowest BCUT2D eigenvalue weighted by Gasteiger charge is -2.30. The lowest BCUT2D eigenvalue weighted by Crippen LogP contribution is -2.57. The highest BCUT2D eigenvalue weighted by molar-refractivity contribution is 6.30. The van der Waals surface area contributed by atoms with Crippen molar-refractivity contribution in [1.29, 1.82) is 0 Å². The van der Waals surface area contributed by atoms with Crippen molar-refractivity contribution in [1.82, 2.24) is 16.0 Å². The molecule has 0 radical (unpaired) electrons. The average Bonchev–Trinajstić information content (AvgIpc) is 2.90. The van der Waals surface area contributed by atoms with Crippen molar-refractivity contribution in [2.24, 2.45) is 5.92 Å². The SMILES string of the molecule is CC(=O)C(C)NC(=O)C(O)C(O)C(Cc1ccc(Cl)cc1)NC(=O)C(OC(=O)NCc1ccccc1)C(C)C. The van der Waals surface area contributed by atoms with Gasteiger partial charge in [0, 0.05) is 11.6 Å². The molecule has 0 aromatic heterocycles. The highest BCUT2D eigenvalue weighted by atomic mass is 35.5. The molecule has 0 aliphatic heterocycles. The van der Waals surface area contributed by atoms with Gasteiger partial charge in [-0.15, -0.1) is 0 Å². The normalized spacial score (nSPS) is 14.9. The van der Waals surface area contributed by atoms with Crippen LogP contribution < -0.4 is 16.0 Å². The maximum Gasteiger partial charge on any atom is 0.408 e. The average molecular weight is 562 g/mol. The Labute approximate surface area is 233 Å². The second-order valence-electron chi connectivity index (χ2n) is 9.63. The van der Waals surface area contributed by atoms with Crippen molar-refractivity contribution in [2.45, 2.75) is 71.1 Å². The Balaban J connectivity index is 2.17. The highest BCUT2D eigenvalue weighted by Crippen LogP contribution is 2.16. The summed E-state index contributed by atoms with van der Waals surface area (Å²) in [7, 11) is 0. The van der Waals surface area contributed by atoms with Gasteiger partial charge in [0.1, 0.15) is 6.10 Å². The van der Waals surface area contributed by atoms with E-state index in [1.165, 1.54) is 13.8 Å². The molecule has 2 aromatic carbocycles. The minimum atomic E-state index is -1.96. The van der Waals surface area contributed by atoms with E-state index < -0.39 is 54.2 Å². The first-order valence-corrected chi connectivity index (χ1v) is 13.0. The molecule has 2 rings (SSSR count). The van der Waals surface area contributed by atoms with E-state index in [1.807, 2.05) is 30.3 Å². The summed E-state index contributed by atoms with van der Waals surface area (Å²) in [5, 5.41) is 29.5. The van der Waals surface area contributed by atoms with Crippen LogP contribution in [0.5, 0.6) is 0 Å². The fraction of sp³-hybridized carbons (Fsp3) is 0.429. The van der Waals surface area contributed by atoms with Crippen molar-refractivity contribution in [3.63, 3.8) is 0 Å². The first kappa shape index (κ1) is 31.7. The number of hydrogen-bond acceptors (Lipinski definition) is 7. The van der Waals surface area contributed by atoms with Crippen LogP contribution in [0, 0.1) is 5.92 Å². The predicted molar refractivity (Wildman–Crippen MR) is 146 cm³/mol. The summed E-state index contributed by atoms with van der Waals surface area (Å²) in [4.78, 5) is 49.7. The fourth-order valence-corrected chi connectivity index (χ4v) is 3.72. The Hall–Kier alpha value is -3.47. The maximum atomic E-state index is 13.2. The molecule has 3 amide bonds. The summed E-state index contributed by atoms with van der Waals surface area (Å²) in [6, 6.07) is 13.7. The number of hydrogen-bond donors (Lipinski definition) is 5. The van der Waals surface area contributed by atoms with E-state index in [0.717, 1.165) is 5.56 Å². The maximum absolute atomic E-state index is 13.2. The van der Waals surface area contributed by atoms with Crippen molar-refractivity contribution in [3.05, 3.63) is 70.7 Å². The van der Waals surface area contributed by atoms with Gasteiger partial charge < -0.3 is 30.9 Å². The smallest absolute Gasteiger partial charge is 0.408 e. The van der Waals surface area contributed by atoms with Crippen molar-refractivity contribution in [3.8, 4) is 0 Å². The Morgan fingerprint density at radius 1 is 0.872 bits per heavy atom. The van der Waals surface area contributed by atoms with E-state index in [2.05, 4.69) is 16.0 Å². The minimum absolute atomic E-state index is 0.0156. The number of nitrogens with one attached hydrogen (secondary N) is 3. The molecular formula is C28H36ClN3O7. The lowest BCUT2D eigenvalue weighted by atomic mass is 9.96. The Morgan fingerprint density at radius 2 is 1.49 bits per heavy atom. The van der Waals surface area contributed by atoms with Gasteiger partial charge in [0.15, 0.2) is 18.0 Å². The van der Waals surface area contributed by atoms with Gasteiger partial charge in [0.2, 0.25) is 0 Å². The first-order valence-electron chi connectivity index (χ1n) is 12.6. The molecule has 0 aliphatic carbocycles. The number of ketones is 1. The molecule has 5 unspecified atom stereocenters. The molecule has 0 spiro atoms. The van der Waals surface area contributed by atoms with Crippen molar-refractivity contribution in [2.75, 3.05) is 0 Å². The van der Waals surface area contributed by atoms with Crippen LogP contribution >= 0.6 is 11.6 Å². The zero-order valence-electron chi connectivity index (χ0n) is 22.4. The van der Waals surface area contributed by atoms with Gasteiger partial charge in [-0.05, 0) is 49.4 Å². The first-order chi connectivity index (χ1) is 18.4. The molecule has 0 aliphatic rings. The largest absolute Gasteiger partial charge is 0.436 e. The van der Waals surface area contributed by atoms with Gasteiger partial charge >= 0.3 is 6.09 Å². The van der Waals surface area contributed by atoms with E-state index in [4.69, 9.17) is 16.3 Å². The molecule has 0 saturated heterocycles. The molecule has 11 heteroatoms. The molecule has 10 nitrogen and oxygen atoms in total. The van der Waals surface area contributed by atoms with Crippen molar-refractivity contribution >= 4 is 35.3 Å². The summed E-state index contributed by atoms with van der Waals surface area (Å²) in [6.07, 6.45) is -5.74. The van der Waals surface area contributed by atoms with E-state index in [1.54, 1.807) is 38.1 Å². The third-order valence-corrected chi connectivity index (χ3v) is 6.30. The van der Waals surface area contributed by atoms with Crippen LogP contribution in [0.4, 0.5) is 4.79 Å². The third kappa shape index (κ3) is 10.3. The van der Waals surface area contributed by atoms with Crippen LogP contribution in [0.15, 0.2) is 54.6 Å². The monoisotopic (exact) mass is 561 g/mol.